The highest BCUT2D eigenvalue weighted by atomic mass is 15.1. The molecule has 16 heavy (non-hydrogen) atoms. The van der Waals surface area contributed by atoms with Gasteiger partial charge in [-0.2, -0.15) is 0 Å². The molecule has 1 saturated heterocycles. The Bertz CT molecular complexity index is 242. The molecule has 2 N–H and O–H groups in total. The molecule has 0 aromatic heterocycles. The minimum absolute atomic E-state index is 0.526. The smallest absolute Gasteiger partial charge is 0.0224 e. The van der Waals surface area contributed by atoms with E-state index in [0.29, 0.717) is 5.54 Å². The average Bonchev–Trinajstić information content (AvgIpc) is 2.80. The lowest BCUT2D eigenvalue weighted by Crippen LogP contribution is -2.54. The van der Waals surface area contributed by atoms with Crippen molar-refractivity contribution in [2.75, 3.05) is 13.1 Å². The van der Waals surface area contributed by atoms with Crippen LogP contribution in [0.15, 0.2) is 0 Å². The first-order valence-electron chi connectivity index (χ1n) is 7.31. The van der Waals surface area contributed by atoms with Crippen LogP contribution in [0, 0.1) is 11.8 Å². The molecule has 2 aliphatic carbocycles. The predicted molar refractivity (Wildman–Crippen MR) is 67.5 cm³/mol. The van der Waals surface area contributed by atoms with E-state index in [-0.39, 0.29) is 0 Å². The van der Waals surface area contributed by atoms with Gasteiger partial charge in [0.05, 0.1) is 0 Å². The highest BCUT2D eigenvalue weighted by Gasteiger charge is 2.41. The maximum Gasteiger partial charge on any atom is 0.0224 e. The zero-order valence-corrected chi connectivity index (χ0v) is 10.6. The molecule has 0 spiro atoms. The highest BCUT2D eigenvalue weighted by molar-refractivity contribution is 4.99. The van der Waals surface area contributed by atoms with Gasteiger partial charge in [0.15, 0.2) is 0 Å². The molecule has 0 aromatic rings. The number of rotatable bonds is 4. The van der Waals surface area contributed by atoms with E-state index in [1.165, 1.54) is 58.0 Å². The zero-order valence-electron chi connectivity index (χ0n) is 10.6. The number of fused-ring (bicyclic) bond motifs is 1. The van der Waals surface area contributed by atoms with Crippen LogP contribution < -0.4 is 10.6 Å². The van der Waals surface area contributed by atoms with Gasteiger partial charge in [-0.05, 0) is 56.9 Å². The highest BCUT2D eigenvalue weighted by Crippen LogP contribution is 2.39. The van der Waals surface area contributed by atoms with E-state index in [1.807, 2.05) is 0 Å². The largest absolute Gasteiger partial charge is 0.312 e. The van der Waals surface area contributed by atoms with Crippen molar-refractivity contribution in [2.24, 2.45) is 11.8 Å². The van der Waals surface area contributed by atoms with Crippen molar-refractivity contribution >= 4 is 0 Å². The van der Waals surface area contributed by atoms with Crippen molar-refractivity contribution < 1.29 is 0 Å². The van der Waals surface area contributed by atoms with E-state index in [9.17, 15) is 0 Å². The summed E-state index contributed by atoms with van der Waals surface area (Å²) in [7, 11) is 0. The third-order valence-electron chi connectivity index (χ3n) is 5.56. The van der Waals surface area contributed by atoms with Crippen molar-refractivity contribution in [1.29, 1.82) is 0 Å². The van der Waals surface area contributed by atoms with Crippen molar-refractivity contribution in [3.8, 4) is 0 Å². The molecule has 1 aliphatic heterocycles. The lowest BCUT2D eigenvalue weighted by Gasteiger charge is -2.43. The van der Waals surface area contributed by atoms with Gasteiger partial charge in [0.2, 0.25) is 0 Å². The summed E-state index contributed by atoms with van der Waals surface area (Å²) in [5.41, 5.74) is 0.526. The Morgan fingerprint density at radius 3 is 2.81 bits per heavy atom. The van der Waals surface area contributed by atoms with Crippen LogP contribution in [-0.2, 0) is 0 Å². The minimum Gasteiger partial charge on any atom is -0.312 e. The van der Waals surface area contributed by atoms with Crippen molar-refractivity contribution in [3.63, 3.8) is 0 Å². The fraction of sp³-hybridized carbons (Fsp3) is 1.00. The molecule has 2 saturated carbocycles. The normalized spacial score (nSPS) is 40.7. The molecule has 0 amide bonds. The van der Waals surface area contributed by atoms with E-state index in [0.717, 1.165) is 17.9 Å². The fourth-order valence-corrected chi connectivity index (χ4v) is 4.11. The average molecular weight is 222 g/mol. The Labute approximate surface area is 99.6 Å². The SMILES string of the molecule is CCC1(NCC2NCC3CCCC32)CCC1. The van der Waals surface area contributed by atoms with Gasteiger partial charge in [-0.15, -0.1) is 0 Å². The molecule has 2 heteroatoms. The van der Waals surface area contributed by atoms with E-state index in [4.69, 9.17) is 0 Å². The van der Waals surface area contributed by atoms with Crippen LogP contribution in [-0.4, -0.2) is 24.7 Å². The van der Waals surface area contributed by atoms with Gasteiger partial charge in [-0.25, -0.2) is 0 Å². The van der Waals surface area contributed by atoms with Crippen molar-refractivity contribution in [1.82, 2.24) is 10.6 Å². The van der Waals surface area contributed by atoms with Crippen molar-refractivity contribution in [2.45, 2.75) is 63.5 Å². The van der Waals surface area contributed by atoms with E-state index >= 15 is 0 Å². The zero-order chi connectivity index (χ0) is 11.0. The maximum absolute atomic E-state index is 3.87. The summed E-state index contributed by atoms with van der Waals surface area (Å²) >= 11 is 0. The molecule has 3 atom stereocenters. The molecule has 3 rings (SSSR count). The summed E-state index contributed by atoms with van der Waals surface area (Å²) < 4.78 is 0. The summed E-state index contributed by atoms with van der Waals surface area (Å²) in [4.78, 5) is 0. The molecule has 1 heterocycles. The van der Waals surface area contributed by atoms with Crippen LogP contribution in [0.2, 0.25) is 0 Å². The van der Waals surface area contributed by atoms with Gasteiger partial charge in [-0.1, -0.05) is 13.3 Å². The Morgan fingerprint density at radius 2 is 2.12 bits per heavy atom. The van der Waals surface area contributed by atoms with Crippen LogP contribution in [0.1, 0.15) is 51.9 Å². The third-order valence-corrected chi connectivity index (χ3v) is 5.56. The topological polar surface area (TPSA) is 24.1 Å². The maximum atomic E-state index is 3.87. The second kappa shape index (κ2) is 4.30. The Morgan fingerprint density at radius 1 is 1.25 bits per heavy atom. The van der Waals surface area contributed by atoms with Crippen molar-refractivity contribution in [3.05, 3.63) is 0 Å². The lowest BCUT2D eigenvalue weighted by molar-refractivity contribution is 0.168. The van der Waals surface area contributed by atoms with Gasteiger partial charge in [0.25, 0.3) is 0 Å². The Balaban J connectivity index is 1.51. The van der Waals surface area contributed by atoms with Gasteiger partial charge < -0.3 is 10.6 Å². The first kappa shape index (κ1) is 11.0. The third kappa shape index (κ3) is 1.80. The van der Waals surface area contributed by atoms with Gasteiger partial charge in [0, 0.05) is 18.1 Å². The van der Waals surface area contributed by atoms with E-state index in [2.05, 4.69) is 17.6 Å². The Kier molecular flexibility index (Phi) is 2.97. The van der Waals surface area contributed by atoms with E-state index < -0.39 is 0 Å². The molecule has 0 radical (unpaired) electrons. The fourth-order valence-electron chi connectivity index (χ4n) is 4.11. The summed E-state index contributed by atoms with van der Waals surface area (Å²) in [6.45, 7) is 4.84. The van der Waals surface area contributed by atoms with Crippen LogP contribution in [0.3, 0.4) is 0 Å². The quantitative estimate of drug-likeness (QED) is 0.762. The van der Waals surface area contributed by atoms with Crippen LogP contribution in [0.4, 0.5) is 0 Å². The molecule has 3 unspecified atom stereocenters. The van der Waals surface area contributed by atoms with Gasteiger partial charge in [0.1, 0.15) is 0 Å². The van der Waals surface area contributed by atoms with Crippen LogP contribution in [0.5, 0.6) is 0 Å². The molecule has 92 valence electrons. The summed E-state index contributed by atoms with van der Waals surface area (Å²) in [5.74, 6) is 1.99. The number of nitrogens with one attached hydrogen (secondary N) is 2. The summed E-state index contributed by atoms with van der Waals surface area (Å²) in [6.07, 6.45) is 10.00. The van der Waals surface area contributed by atoms with Gasteiger partial charge in [-0.3, -0.25) is 0 Å². The number of hydrogen-bond donors (Lipinski definition) is 2. The molecular weight excluding hydrogens is 196 g/mol. The molecule has 3 aliphatic rings. The molecule has 3 fully saturated rings. The first-order chi connectivity index (χ1) is 7.83. The monoisotopic (exact) mass is 222 g/mol. The minimum atomic E-state index is 0.526. The van der Waals surface area contributed by atoms with Crippen LogP contribution >= 0.6 is 0 Å². The predicted octanol–water partition coefficient (Wildman–Crippen LogP) is 2.30. The summed E-state index contributed by atoms with van der Waals surface area (Å²) in [6, 6.07) is 0.775. The molecule has 2 nitrogen and oxygen atoms in total. The van der Waals surface area contributed by atoms with E-state index in [1.54, 1.807) is 0 Å². The lowest BCUT2D eigenvalue weighted by atomic mass is 9.74. The first-order valence-corrected chi connectivity index (χ1v) is 7.31. The molecule has 0 bridgehead atoms. The molecule has 0 aromatic carbocycles. The second-order valence-corrected chi connectivity index (χ2v) is 6.24. The Hall–Kier alpha value is -0.0800. The second-order valence-electron chi connectivity index (χ2n) is 6.24. The summed E-state index contributed by atoms with van der Waals surface area (Å²) in [5, 5.41) is 7.62. The number of hydrogen-bond acceptors (Lipinski definition) is 2. The standard InChI is InChI=1S/C14H26N2/c1-2-14(7-4-8-14)16-10-13-12-6-3-5-11(12)9-15-13/h11-13,15-16H,2-10H2,1H3. The van der Waals surface area contributed by atoms with Crippen LogP contribution in [0.25, 0.3) is 0 Å². The van der Waals surface area contributed by atoms with Gasteiger partial charge >= 0.3 is 0 Å². The molecular formula is C14H26N2.